The Morgan fingerprint density at radius 2 is 1.80 bits per heavy atom. The highest BCUT2D eigenvalue weighted by molar-refractivity contribution is 5.77. The van der Waals surface area contributed by atoms with Crippen LogP contribution in [0.25, 0.3) is 0 Å². The van der Waals surface area contributed by atoms with E-state index < -0.39 is 0 Å². The van der Waals surface area contributed by atoms with Crippen LogP contribution in [-0.4, -0.2) is 11.1 Å². The summed E-state index contributed by atoms with van der Waals surface area (Å²) in [5.74, 6) is 0.312. The lowest BCUT2D eigenvalue weighted by Gasteiger charge is -2.05. The monoisotopic (exact) mass is 268 g/mol. The second-order valence-corrected chi connectivity index (χ2v) is 5.13. The van der Waals surface area contributed by atoms with Crippen LogP contribution in [-0.2, 0) is 16.1 Å². The van der Waals surface area contributed by atoms with Crippen molar-refractivity contribution in [1.82, 2.24) is 0 Å². The second kappa shape index (κ2) is 5.37. The molecule has 1 aliphatic rings. The summed E-state index contributed by atoms with van der Waals surface area (Å²) >= 11 is 0. The largest absolute Gasteiger partial charge is 0.508 e. The molecule has 1 aliphatic carbocycles. The third kappa shape index (κ3) is 2.82. The van der Waals surface area contributed by atoms with Crippen LogP contribution in [0.1, 0.15) is 23.5 Å². The molecule has 0 heterocycles. The highest BCUT2D eigenvalue weighted by Crippen LogP contribution is 2.48. The number of hydrogen-bond donors (Lipinski definition) is 1. The summed E-state index contributed by atoms with van der Waals surface area (Å²) in [5.41, 5.74) is 2.09. The topological polar surface area (TPSA) is 46.5 Å². The van der Waals surface area contributed by atoms with Crippen LogP contribution in [0.15, 0.2) is 54.6 Å². The van der Waals surface area contributed by atoms with E-state index in [9.17, 15) is 9.90 Å². The molecule has 1 saturated carbocycles. The molecule has 2 aromatic rings. The molecule has 0 aromatic heterocycles. The summed E-state index contributed by atoms with van der Waals surface area (Å²) in [6.07, 6.45) is 0.832. The first kappa shape index (κ1) is 12.7. The van der Waals surface area contributed by atoms with Crippen molar-refractivity contribution in [3.05, 3.63) is 65.7 Å². The molecule has 3 heteroatoms. The molecule has 1 N–H and O–H groups in total. The summed E-state index contributed by atoms with van der Waals surface area (Å²) < 4.78 is 5.34. The third-order valence-electron chi connectivity index (χ3n) is 3.64. The zero-order valence-electron chi connectivity index (χ0n) is 11.0. The van der Waals surface area contributed by atoms with Crippen molar-refractivity contribution in [2.24, 2.45) is 5.92 Å². The number of rotatable bonds is 4. The van der Waals surface area contributed by atoms with Gasteiger partial charge in [0.15, 0.2) is 0 Å². The van der Waals surface area contributed by atoms with Crippen LogP contribution in [0.2, 0.25) is 0 Å². The predicted octanol–water partition coefficient (Wildman–Crippen LogP) is 3.24. The molecule has 0 amide bonds. The lowest BCUT2D eigenvalue weighted by Crippen LogP contribution is -2.07. The van der Waals surface area contributed by atoms with E-state index in [2.05, 4.69) is 0 Å². The summed E-state index contributed by atoms with van der Waals surface area (Å²) in [5, 5.41) is 9.25. The van der Waals surface area contributed by atoms with Gasteiger partial charge in [0.1, 0.15) is 12.4 Å². The molecule has 0 aliphatic heterocycles. The Kier molecular flexibility index (Phi) is 3.42. The fourth-order valence-corrected chi connectivity index (χ4v) is 2.38. The van der Waals surface area contributed by atoms with Crippen molar-refractivity contribution >= 4 is 5.97 Å². The van der Waals surface area contributed by atoms with Gasteiger partial charge in [0.2, 0.25) is 0 Å². The maximum Gasteiger partial charge on any atom is 0.309 e. The summed E-state index contributed by atoms with van der Waals surface area (Å²) in [4.78, 5) is 12.0. The Hall–Kier alpha value is -2.29. The lowest BCUT2D eigenvalue weighted by atomic mass is 10.1. The van der Waals surface area contributed by atoms with Gasteiger partial charge in [-0.05, 0) is 35.6 Å². The number of phenols is 1. The van der Waals surface area contributed by atoms with Crippen LogP contribution < -0.4 is 0 Å². The van der Waals surface area contributed by atoms with E-state index in [1.807, 2.05) is 42.5 Å². The maximum atomic E-state index is 12.0. The van der Waals surface area contributed by atoms with Gasteiger partial charge in [-0.3, -0.25) is 4.79 Å². The van der Waals surface area contributed by atoms with E-state index in [1.165, 1.54) is 0 Å². The SMILES string of the molecule is O=C(OCc1ccccc1)C1CC1c1ccc(O)cc1. The summed E-state index contributed by atoms with van der Waals surface area (Å²) in [6, 6.07) is 16.7. The number of aromatic hydroxyl groups is 1. The molecule has 0 saturated heterocycles. The molecule has 0 spiro atoms. The van der Waals surface area contributed by atoms with Gasteiger partial charge in [-0.25, -0.2) is 0 Å². The first-order chi connectivity index (χ1) is 9.74. The summed E-state index contributed by atoms with van der Waals surface area (Å²) in [6.45, 7) is 0.332. The van der Waals surface area contributed by atoms with Crippen LogP contribution in [0, 0.1) is 5.92 Å². The number of benzene rings is 2. The Balaban J connectivity index is 1.54. The number of carbonyl (C=O) groups excluding carboxylic acids is 1. The van der Waals surface area contributed by atoms with E-state index in [1.54, 1.807) is 12.1 Å². The molecular formula is C17H16O3. The van der Waals surface area contributed by atoms with E-state index >= 15 is 0 Å². The number of esters is 1. The molecule has 1 fully saturated rings. The number of ether oxygens (including phenoxy) is 1. The molecule has 2 unspecified atom stereocenters. The molecular weight excluding hydrogens is 252 g/mol. The fraction of sp³-hybridized carbons (Fsp3) is 0.235. The molecule has 0 radical (unpaired) electrons. The van der Waals surface area contributed by atoms with Gasteiger partial charge in [-0.15, -0.1) is 0 Å². The van der Waals surface area contributed by atoms with Gasteiger partial charge in [-0.1, -0.05) is 42.5 Å². The standard InChI is InChI=1S/C17H16O3/c18-14-8-6-13(7-9-14)15-10-16(15)17(19)20-11-12-4-2-1-3-5-12/h1-9,15-16,18H,10-11H2. The van der Waals surface area contributed by atoms with Gasteiger partial charge in [0, 0.05) is 0 Å². The highest BCUT2D eigenvalue weighted by Gasteiger charge is 2.45. The first-order valence-electron chi connectivity index (χ1n) is 6.73. The minimum Gasteiger partial charge on any atom is -0.508 e. The quantitative estimate of drug-likeness (QED) is 0.866. The molecule has 3 nitrogen and oxygen atoms in total. The van der Waals surface area contributed by atoms with Crippen LogP contribution in [0.4, 0.5) is 0 Å². The van der Waals surface area contributed by atoms with Crippen molar-refractivity contribution in [3.63, 3.8) is 0 Å². The predicted molar refractivity (Wildman–Crippen MR) is 75.2 cm³/mol. The number of carbonyl (C=O) groups is 1. The Labute approximate surface area is 117 Å². The van der Waals surface area contributed by atoms with Crippen LogP contribution in [0.5, 0.6) is 5.75 Å². The van der Waals surface area contributed by atoms with Crippen molar-refractivity contribution in [2.45, 2.75) is 18.9 Å². The van der Waals surface area contributed by atoms with Crippen molar-refractivity contribution < 1.29 is 14.6 Å². The number of phenolic OH excluding ortho intramolecular Hbond substituents is 1. The average Bonchev–Trinajstić information content (AvgIpc) is 3.27. The van der Waals surface area contributed by atoms with Crippen molar-refractivity contribution in [3.8, 4) is 5.75 Å². The molecule has 2 atom stereocenters. The third-order valence-corrected chi connectivity index (χ3v) is 3.64. The van der Waals surface area contributed by atoms with E-state index in [-0.39, 0.29) is 23.6 Å². The van der Waals surface area contributed by atoms with Crippen molar-refractivity contribution in [1.29, 1.82) is 0 Å². The second-order valence-electron chi connectivity index (χ2n) is 5.13. The minimum atomic E-state index is -0.132. The van der Waals surface area contributed by atoms with Gasteiger partial charge in [0.05, 0.1) is 5.92 Å². The van der Waals surface area contributed by atoms with E-state index in [0.717, 1.165) is 17.5 Å². The molecule has 102 valence electrons. The fourth-order valence-electron chi connectivity index (χ4n) is 2.38. The molecule has 20 heavy (non-hydrogen) atoms. The molecule has 2 aromatic carbocycles. The Bertz CT molecular complexity index is 589. The van der Waals surface area contributed by atoms with Crippen molar-refractivity contribution in [2.75, 3.05) is 0 Å². The van der Waals surface area contributed by atoms with Gasteiger partial charge in [0.25, 0.3) is 0 Å². The minimum absolute atomic E-state index is 0.0387. The number of hydrogen-bond acceptors (Lipinski definition) is 3. The van der Waals surface area contributed by atoms with Crippen LogP contribution in [0.3, 0.4) is 0 Å². The maximum absolute atomic E-state index is 12.0. The highest BCUT2D eigenvalue weighted by atomic mass is 16.5. The van der Waals surface area contributed by atoms with E-state index in [4.69, 9.17) is 4.74 Å². The smallest absolute Gasteiger partial charge is 0.309 e. The lowest BCUT2D eigenvalue weighted by molar-refractivity contribution is -0.146. The Morgan fingerprint density at radius 1 is 1.10 bits per heavy atom. The normalized spacial score (nSPS) is 20.4. The molecule has 0 bridgehead atoms. The zero-order chi connectivity index (χ0) is 13.9. The van der Waals surface area contributed by atoms with Gasteiger partial charge in [-0.2, -0.15) is 0 Å². The summed E-state index contributed by atoms with van der Waals surface area (Å²) in [7, 11) is 0. The Morgan fingerprint density at radius 3 is 2.50 bits per heavy atom. The average molecular weight is 268 g/mol. The zero-order valence-corrected chi connectivity index (χ0v) is 11.0. The van der Waals surface area contributed by atoms with Gasteiger partial charge < -0.3 is 9.84 Å². The first-order valence-corrected chi connectivity index (χ1v) is 6.73. The van der Waals surface area contributed by atoms with Gasteiger partial charge >= 0.3 is 5.97 Å². The van der Waals surface area contributed by atoms with Crippen LogP contribution >= 0.6 is 0 Å². The molecule has 3 rings (SSSR count). The van der Waals surface area contributed by atoms with E-state index in [0.29, 0.717) is 6.61 Å².